The summed E-state index contributed by atoms with van der Waals surface area (Å²) in [5.41, 5.74) is 0. The number of alkyl halides is 1. The Labute approximate surface area is 87.3 Å². The lowest BCUT2D eigenvalue weighted by Crippen LogP contribution is -2.35. The summed E-state index contributed by atoms with van der Waals surface area (Å²) in [6.45, 7) is 1.95. The first-order valence-electron chi connectivity index (χ1n) is 3.81. The first kappa shape index (κ1) is 12.9. The molecule has 0 saturated carbocycles. The molecule has 0 aliphatic rings. The first-order valence-corrected chi connectivity index (χ1v) is 6.78. The Balaban J connectivity index is 4.03. The van der Waals surface area contributed by atoms with Gasteiger partial charge in [0.2, 0.25) is 5.91 Å². The van der Waals surface area contributed by atoms with E-state index in [9.17, 15) is 13.2 Å². The van der Waals surface area contributed by atoms with Crippen LogP contribution < -0.4 is 0 Å². The van der Waals surface area contributed by atoms with Gasteiger partial charge in [-0.15, -0.1) is 0 Å². The summed E-state index contributed by atoms with van der Waals surface area (Å²) in [6.07, 6.45) is 1.16. The Hall–Kier alpha value is -0.100. The zero-order valence-electron chi connectivity index (χ0n) is 7.95. The number of sulfone groups is 1. The van der Waals surface area contributed by atoms with Gasteiger partial charge in [0.05, 0.1) is 10.6 Å². The van der Waals surface area contributed by atoms with Gasteiger partial charge in [-0.25, -0.2) is 8.42 Å². The van der Waals surface area contributed by atoms with Crippen molar-refractivity contribution in [3.8, 4) is 0 Å². The van der Waals surface area contributed by atoms with Crippen LogP contribution in [0.3, 0.4) is 0 Å². The van der Waals surface area contributed by atoms with Gasteiger partial charge in [-0.2, -0.15) is 0 Å². The molecule has 0 radical (unpaired) electrons. The van der Waals surface area contributed by atoms with E-state index < -0.39 is 9.84 Å². The van der Waals surface area contributed by atoms with E-state index in [0.717, 1.165) is 6.26 Å². The number of carbonyl (C=O) groups excluding carboxylic acids is 1. The van der Waals surface area contributed by atoms with Crippen LogP contribution in [0.5, 0.6) is 0 Å². The summed E-state index contributed by atoms with van der Waals surface area (Å²) >= 11 is 3.12. The summed E-state index contributed by atoms with van der Waals surface area (Å²) in [5.74, 6) is -0.0988. The second-order valence-electron chi connectivity index (χ2n) is 3.01. The molecule has 0 aromatic heterocycles. The Bertz CT molecular complexity index is 273. The molecule has 13 heavy (non-hydrogen) atoms. The highest BCUT2D eigenvalue weighted by molar-refractivity contribution is 9.10. The van der Waals surface area contributed by atoms with Crippen LogP contribution in [-0.4, -0.2) is 49.7 Å². The molecule has 0 aliphatic heterocycles. The quantitative estimate of drug-likeness (QED) is 0.690. The zero-order valence-corrected chi connectivity index (χ0v) is 10.4. The Morgan fingerprint density at radius 1 is 1.54 bits per heavy atom. The second kappa shape index (κ2) is 4.95. The molecule has 0 aliphatic carbocycles. The Kier molecular flexibility index (Phi) is 4.91. The van der Waals surface area contributed by atoms with E-state index in [4.69, 9.17) is 0 Å². The zero-order chi connectivity index (χ0) is 10.6. The summed E-state index contributed by atoms with van der Waals surface area (Å²) < 4.78 is 21.6. The average Bonchev–Trinajstić information content (AvgIpc) is 1.97. The molecule has 4 nitrogen and oxygen atoms in total. The maximum Gasteiger partial charge on any atom is 0.235 e. The van der Waals surface area contributed by atoms with Gasteiger partial charge in [0.15, 0.2) is 0 Å². The van der Waals surface area contributed by atoms with Crippen molar-refractivity contribution in [2.75, 3.05) is 25.6 Å². The number of amides is 1. The molecule has 0 aromatic rings. The van der Waals surface area contributed by atoms with Crippen molar-refractivity contribution in [2.45, 2.75) is 11.8 Å². The minimum atomic E-state index is -2.99. The topological polar surface area (TPSA) is 54.5 Å². The molecule has 0 saturated heterocycles. The molecule has 0 heterocycles. The number of hydrogen-bond acceptors (Lipinski definition) is 3. The molecule has 1 unspecified atom stereocenters. The van der Waals surface area contributed by atoms with E-state index in [1.807, 2.05) is 0 Å². The van der Waals surface area contributed by atoms with Gasteiger partial charge in [0, 0.05) is 19.8 Å². The van der Waals surface area contributed by atoms with E-state index in [-0.39, 0.29) is 23.0 Å². The number of halogens is 1. The third kappa shape index (κ3) is 6.04. The fourth-order valence-corrected chi connectivity index (χ4v) is 1.67. The first-order chi connectivity index (χ1) is 5.74. The third-order valence-corrected chi connectivity index (χ3v) is 2.83. The van der Waals surface area contributed by atoms with Crippen molar-refractivity contribution in [1.82, 2.24) is 4.90 Å². The van der Waals surface area contributed by atoms with Gasteiger partial charge in [0.25, 0.3) is 0 Å². The molecule has 78 valence electrons. The molecule has 0 rings (SSSR count). The monoisotopic (exact) mass is 271 g/mol. The predicted octanol–water partition coefficient (Wildman–Crippen LogP) is 0.273. The fourth-order valence-electron chi connectivity index (χ4n) is 0.717. The number of hydrogen-bond donors (Lipinski definition) is 0. The number of rotatable bonds is 4. The molecular weight excluding hydrogens is 258 g/mol. The Morgan fingerprint density at radius 3 is 2.31 bits per heavy atom. The minimum Gasteiger partial charge on any atom is -0.344 e. The van der Waals surface area contributed by atoms with E-state index >= 15 is 0 Å². The van der Waals surface area contributed by atoms with E-state index in [1.165, 1.54) is 4.90 Å². The highest BCUT2D eigenvalue weighted by Gasteiger charge is 2.15. The predicted molar refractivity (Wildman–Crippen MR) is 55.7 cm³/mol. The van der Waals surface area contributed by atoms with Crippen LogP contribution in [0.15, 0.2) is 0 Å². The number of nitrogens with zero attached hydrogens (tertiary/aromatic N) is 1. The average molecular weight is 272 g/mol. The summed E-state index contributed by atoms with van der Waals surface area (Å²) in [5, 5.41) is 0. The van der Waals surface area contributed by atoms with Gasteiger partial charge in [-0.05, 0) is 6.92 Å². The van der Waals surface area contributed by atoms with Crippen LogP contribution in [0.1, 0.15) is 6.92 Å². The second-order valence-corrected chi connectivity index (χ2v) is 6.64. The molecule has 6 heteroatoms. The smallest absolute Gasteiger partial charge is 0.235 e. The van der Waals surface area contributed by atoms with Crippen molar-refractivity contribution in [3.05, 3.63) is 0 Å². The van der Waals surface area contributed by atoms with E-state index in [0.29, 0.717) is 0 Å². The molecule has 1 amide bonds. The third-order valence-electron chi connectivity index (χ3n) is 1.51. The summed E-state index contributed by atoms with van der Waals surface area (Å²) in [6, 6.07) is 0. The molecule has 0 bridgehead atoms. The van der Waals surface area contributed by atoms with Gasteiger partial charge >= 0.3 is 0 Å². The molecule has 0 spiro atoms. The standard InChI is InChI=1S/C7H14BrNO3S/c1-6(8)7(10)9(2)4-5-13(3,11)12/h6H,4-5H2,1-3H3. The van der Waals surface area contributed by atoms with Crippen LogP contribution >= 0.6 is 15.9 Å². The van der Waals surface area contributed by atoms with Crippen molar-refractivity contribution in [2.24, 2.45) is 0 Å². The maximum absolute atomic E-state index is 11.2. The van der Waals surface area contributed by atoms with Crippen LogP contribution in [-0.2, 0) is 14.6 Å². The molecule has 0 fully saturated rings. The largest absolute Gasteiger partial charge is 0.344 e. The van der Waals surface area contributed by atoms with Crippen molar-refractivity contribution in [3.63, 3.8) is 0 Å². The normalized spacial score (nSPS) is 13.8. The SMILES string of the molecule is CC(Br)C(=O)N(C)CCS(C)(=O)=O. The molecule has 0 N–H and O–H groups in total. The lowest BCUT2D eigenvalue weighted by Gasteiger charge is -2.17. The van der Waals surface area contributed by atoms with Crippen LogP contribution in [0.2, 0.25) is 0 Å². The summed E-state index contributed by atoms with van der Waals surface area (Å²) in [4.78, 5) is 12.4. The van der Waals surface area contributed by atoms with Gasteiger partial charge in [0.1, 0.15) is 9.84 Å². The van der Waals surface area contributed by atoms with Gasteiger partial charge in [-0.1, -0.05) is 15.9 Å². The molecular formula is C7H14BrNO3S. The number of carbonyl (C=O) groups is 1. The maximum atomic E-state index is 11.2. The lowest BCUT2D eigenvalue weighted by atomic mass is 10.4. The minimum absolute atomic E-state index is 0.00889. The van der Waals surface area contributed by atoms with E-state index in [1.54, 1.807) is 14.0 Å². The van der Waals surface area contributed by atoms with Crippen LogP contribution in [0.4, 0.5) is 0 Å². The lowest BCUT2D eigenvalue weighted by molar-refractivity contribution is -0.128. The van der Waals surface area contributed by atoms with Crippen LogP contribution in [0, 0.1) is 0 Å². The van der Waals surface area contributed by atoms with Crippen LogP contribution in [0.25, 0.3) is 0 Å². The molecule has 0 aromatic carbocycles. The van der Waals surface area contributed by atoms with Crippen molar-refractivity contribution < 1.29 is 13.2 Å². The van der Waals surface area contributed by atoms with Crippen molar-refractivity contribution >= 4 is 31.7 Å². The Morgan fingerprint density at radius 2 is 2.00 bits per heavy atom. The van der Waals surface area contributed by atoms with E-state index in [2.05, 4.69) is 15.9 Å². The molecule has 1 atom stereocenters. The van der Waals surface area contributed by atoms with Gasteiger partial charge < -0.3 is 4.90 Å². The highest BCUT2D eigenvalue weighted by atomic mass is 79.9. The highest BCUT2D eigenvalue weighted by Crippen LogP contribution is 2.02. The summed E-state index contributed by atoms with van der Waals surface area (Å²) in [7, 11) is -1.40. The fraction of sp³-hybridized carbons (Fsp3) is 0.857. The van der Waals surface area contributed by atoms with Gasteiger partial charge in [-0.3, -0.25) is 4.79 Å². The van der Waals surface area contributed by atoms with Crippen molar-refractivity contribution in [1.29, 1.82) is 0 Å².